The van der Waals surface area contributed by atoms with Crippen LogP contribution < -0.4 is 9.47 Å². The number of methoxy groups -OCH3 is 1. The van der Waals surface area contributed by atoms with Crippen LogP contribution in [0, 0.1) is 0 Å². The van der Waals surface area contributed by atoms with E-state index >= 15 is 0 Å². The number of hydrogen-bond acceptors (Lipinski definition) is 4. The zero-order chi connectivity index (χ0) is 11.8. The van der Waals surface area contributed by atoms with Crippen LogP contribution in [0.4, 0.5) is 0 Å². The molecule has 1 aromatic carbocycles. The van der Waals surface area contributed by atoms with Gasteiger partial charge in [-0.15, -0.1) is 0 Å². The summed E-state index contributed by atoms with van der Waals surface area (Å²) in [7, 11) is 1.53. The first-order valence-corrected chi connectivity index (χ1v) is 5.34. The molecule has 90 valence electrons. The van der Waals surface area contributed by atoms with E-state index in [1.54, 1.807) is 0 Å². The third-order valence-corrected chi connectivity index (χ3v) is 1.87. The van der Waals surface area contributed by atoms with Crippen molar-refractivity contribution in [1.82, 2.24) is 0 Å². The molecular weight excluding hydrogens is 208 g/mol. The Labute approximate surface area is 96.1 Å². The Hall–Kier alpha value is -1.26. The summed E-state index contributed by atoms with van der Waals surface area (Å²) in [6.45, 7) is 4.21. The van der Waals surface area contributed by atoms with Crippen molar-refractivity contribution < 1.29 is 18.9 Å². The molecule has 0 aliphatic carbocycles. The molecule has 0 saturated carbocycles. The van der Waals surface area contributed by atoms with Crippen LogP contribution in [-0.4, -0.2) is 26.8 Å². The van der Waals surface area contributed by atoms with Gasteiger partial charge in [0.05, 0.1) is 13.2 Å². The van der Waals surface area contributed by atoms with Crippen molar-refractivity contribution in [2.75, 3.05) is 20.3 Å². The summed E-state index contributed by atoms with van der Waals surface area (Å²) in [6, 6.07) is 7.42. The molecule has 0 aliphatic heterocycles. The van der Waals surface area contributed by atoms with Crippen molar-refractivity contribution in [3.8, 4) is 11.5 Å². The third kappa shape index (κ3) is 3.72. The molecule has 16 heavy (non-hydrogen) atoms. The zero-order valence-corrected chi connectivity index (χ0v) is 9.93. The minimum atomic E-state index is -0.702. The van der Waals surface area contributed by atoms with Crippen LogP contribution in [0.2, 0.25) is 0 Å². The molecule has 4 heteroatoms. The Bertz CT molecular complexity index is 301. The van der Waals surface area contributed by atoms with Crippen molar-refractivity contribution in [2.45, 2.75) is 20.3 Å². The summed E-state index contributed by atoms with van der Waals surface area (Å²) in [5.41, 5.74) is 0. The molecule has 0 spiro atoms. The van der Waals surface area contributed by atoms with Gasteiger partial charge in [0.25, 0.3) is 0 Å². The van der Waals surface area contributed by atoms with Crippen LogP contribution in [0.15, 0.2) is 24.3 Å². The third-order valence-electron chi connectivity index (χ3n) is 1.87. The molecule has 0 heterocycles. The van der Waals surface area contributed by atoms with Crippen molar-refractivity contribution in [1.29, 1.82) is 0 Å². The van der Waals surface area contributed by atoms with Gasteiger partial charge in [0.15, 0.2) is 11.5 Å². The highest BCUT2D eigenvalue weighted by molar-refractivity contribution is 5.39. The Morgan fingerprint density at radius 1 is 1.06 bits per heavy atom. The van der Waals surface area contributed by atoms with Gasteiger partial charge in [0, 0.05) is 7.11 Å². The molecule has 0 aliphatic rings. The van der Waals surface area contributed by atoms with Crippen molar-refractivity contribution in [3.05, 3.63) is 24.3 Å². The van der Waals surface area contributed by atoms with Crippen LogP contribution in [-0.2, 0) is 9.47 Å². The smallest absolute Gasteiger partial charge is 0.315 e. The number of benzene rings is 1. The highest BCUT2D eigenvalue weighted by Crippen LogP contribution is 2.27. The summed E-state index contributed by atoms with van der Waals surface area (Å²) in [6.07, 6.45) is 0. The fourth-order valence-corrected chi connectivity index (χ4v) is 1.21. The molecule has 1 atom stereocenters. The van der Waals surface area contributed by atoms with Gasteiger partial charge in [-0.05, 0) is 26.0 Å². The van der Waals surface area contributed by atoms with E-state index in [2.05, 4.69) is 0 Å². The first kappa shape index (κ1) is 12.8. The first-order chi connectivity index (χ1) is 7.81. The maximum Gasteiger partial charge on any atom is 0.315 e. The number of para-hydroxylation sites is 2. The number of hydrogen-bond donors (Lipinski definition) is 0. The first-order valence-electron chi connectivity index (χ1n) is 5.34. The number of ether oxygens (including phenoxy) is 4. The van der Waals surface area contributed by atoms with E-state index in [1.165, 1.54) is 7.11 Å². The second-order valence-corrected chi connectivity index (χ2v) is 2.98. The van der Waals surface area contributed by atoms with Crippen LogP contribution in [0.1, 0.15) is 13.8 Å². The van der Waals surface area contributed by atoms with Crippen LogP contribution in [0.3, 0.4) is 0 Å². The Kier molecular flexibility index (Phi) is 5.67. The van der Waals surface area contributed by atoms with Gasteiger partial charge in [0.1, 0.15) is 0 Å². The topological polar surface area (TPSA) is 36.9 Å². The Morgan fingerprint density at radius 2 is 1.75 bits per heavy atom. The highest BCUT2D eigenvalue weighted by atomic mass is 16.8. The normalized spacial score (nSPS) is 12.2. The van der Waals surface area contributed by atoms with Gasteiger partial charge in [0.2, 0.25) is 0 Å². The lowest BCUT2D eigenvalue weighted by molar-refractivity contribution is -0.231. The van der Waals surface area contributed by atoms with E-state index in [0.717, 1.165) is 0 Å². The second kappa shape index (κ2) is 7.09. The SMILES string of the molecule is CCOc1ccccc1OC(OC)OCC. The molecule has 0 aromatic heterocycles. The van der Waals surface area contributed by atoms with E-state index in [9.17, 15) is 0 Å². The number of rotatable bonds is 7. The summed E-state index contributed by atoms with van der Waals surface area (Å²) in [5.74, 6) is 1.30. The minimum Gasteiger partial charge on any atom is -0.490 e. The summed E-state index contributed by atoms with van der Waals surface area (Å²) in [5, 5.41) is 0. The monoisotopic (exact) mass is 226 g/mol. The van der Waals surface area contributed by atoms with Gasteiger partial charge in [-0.3, -0.25) is 0 Å². The molecule has 0 fully saturated rings. The molecule has 0 saturated heterocycles. The van der Waals surface area contributed by atoms with Crippen molar-refractivity contribution >= 4 is 0 Å². The van der Waals surface area contributed by atoms with Crippen molar-refractivity contribution in [2.24, 2.45) is 0 Å². The molecule has 1 rings (SSSR count). The summed E-state index contributed by atoms with van der Waals surface area (Å²) >= 11 is 0. The largest absolute Gasteiger partial charge is 0.490 e. The molecular formula is C12H18O4. The molecule has 4 nitrogen and oxygen atoms in total. The highest BCUT2D eigenvalue weighted by Gasteiger charge is 2.11. The molecule has 0 amide bonds. The predicted octanol–water partition coefficient (Wildman–Crippen LogP) is 2.43. The summed E-state index contributed by atoms with van der Waals surface area (Å²) < 4.78 is 21.2. The van der Waals surface area contributed by atoms with Crippen molar-refractivity contribution in [3.63, 3.8) is 0 Å². The summed E-state index contributed by atoms with van der Waals surface area (Å²) in [4.78, 5) is 0. The molecule has 0 radical (unpaired) electrons. The lowest BCUT2D eigenvalue weighted by Crippen LogP contribution is -2.22. The zero-order valence-electron chi connectivity index (χ0n) is 9.93. The minimum absolute atomic E-state index is 0.523. The van der Waals surface area contributed by atoms with Crippen LogP contribution in [0.25, 0.3) is 0 Å². The van der Waals surface area contributed by atoms with Crippen LogP contribution in [0.5, 0.6) is 11.5 Å². The maximum absolute atomic E-state index is 5.52. The average Bonchev–Trinajstić information content (AvgIpc) is 2.31. The quantitative estimate of drug-likeness (QED) is 0.669. The van der Waals surface area contributed by atoms with Gasteiger partial charge in [-0.25, -0.2) is 0 Å². The second-order valence-electron chi connectivity index (χ2n) is 2.98. The predicted molar refractivity (Wildman–Crippen MR) is 60.7 cm³/mol. The van der Waals surface area contributed by atoms with Gasteiger partial charge < -0.3 is 18.9 Å². The fourth-order valence-electron chi connectivity index (χ4n) is 1.21. The Balaban J connectivity index is 2.70. The Morgan fingerprint density at radius 3 is 2.31 bits per heavy atom. The van der Waals surface area contributed by atoms with Gasteiger partial charge >= 0.3 is 6.48 Å². The van der Waals surface area contributed by atoms with E-state index in [4.69, 9.17) is 18.9 Å². The lowest BCUT2D eigenvalue weighted by atomic mass is 10.3. The molecule has 0 N–H and O–H groups in total. The van der Waals surface area contributed by atoms with Gasteiger partial charge in [-0.2, -0.15) is 0 Å². The molecule has 1 aromatic rings. The van der Waals surface area contributed by atoms with E-state index < -0.39 is 6.48 Å². The molecule has 0 bridgehead atoms. The molecule has 1 unspecified atom stereocenters. The standard InChI is InChI=1S/C12H18O4/c1-4-14-10-8-6-7-9-11(10)16-12(13-3)15-5-2/h6-9,12H,4-5H2,1-3H3. The van der Waals surface area contributed by atoms with Crippen LogP contribution >= 0.6 is 0 Å². The maximum atomic E-state index is 5.52. The van der Waals surface area contributed by atoms with E-state index in [-0.39, 0.29) is 0 Å². The lowest BCUT2D eigenvalue weighted by Gasteiger charge is -2.18. The average molecular weight is 226 g/mol. The van der Waals surface area contributed by atoms with E-state index in [1.807, 2.05) is 38.1 Å². The van der Waals surface area contributed by atoms with E-state index in [0.29, 0.717) is 24.7 Å². The fraction of sp³-hybridized carbons (Fsp3) is 0.500. The van der Waals surface area contributed by atoms with Gasteiger partial charge in [-0.1, -0.05) is 12.1 Å².